The molecule has 10 heteroatoms. The molecule has 0 radical (unpaired) electrons. The van der Waals surface area contributed by atoms with Crippen molar-refractivity contribution in [3.8, 4) is 17.2 Å². The molecule has 0 fully saturated rings. The van der Waals surface area contributed by atoms with Crippen LogP contribution in [0.5, 0.6) is 17.2 Å². The van der Waals surface area contributed by atoms with Crippen LogP contribution in [0.1, 0.15) is 5.56 Å². The smallest absolute Gasteiger partial charge is 0.261 e. The molecular weight excluding hydrogens is 463 g/mol. The lowest BCUT2D eigenvalue weighted by Crippen LogP contribution is -2.13. The first-order valence-corrected chi connectivity index (χ1v) is 11.4. The van der Waals surface area contributed by atoms with Gasteiger partial charge in [-0.2, -0.15) is 0 Å². The summed E-state index contributed by atoms with van der Waals surface area (Å²) in [6, 6.07) is 13.9. The summed E-state index contributed by atoms with van der Waals surface area (Å²) in [5, 5.41) is 2.69. The lowest BCUT2D eigenvalue weighted by atomic mass is 10.1. The predicted octanol–water partition coefficient (Wildman–Crippen LogP) is 4.30. The maximum Gasteiger partial charge on any atom is 0.261 e. The number of halogens is 1. The third-order valence-electron chi connectivity index (χ3n) is 4.68. The number of anilines is 2. The van der Waals surface area contributed by atoms with E-state index in [0.717, 1.165) is 12.1 Å². The largest absolute Gasteiger partial charge is 0.496 e. The van der Waals surface area contributed by atoms with E-state index >= 15 is 0 Å². The Kier molecular flexibility index (Phi) is 7.75. The second-order valence-corrected chi connectivity index (χ2v) is 8.59. The number of amides is 1. The van der Waals surface area contributed by atoms with E-state index in [1.54, 1.807) is 30.3 Å². The molecule has 3 aromatic carbocycles. The summed E-state index contributed by atoms with van der Waals surface area (Å²) in [6.45, 7) is 0. The van der Waals surface area contributed by atoms with Crippen molar-refractivity contribution in [2.45, 2.75) is 4.90 Å². The first-order chi connectivity index (χ1) is 16.2. The molecule has 2 N–H and O–H groups in total. The molecule has 8 nitrogen and oxygen atoms in total. The molecule has 0 bridgehead atoms. The van der Waals surface area contributed by atoms with E-state index in [9.17, 15) is 17.6 Å². The number of nitrogens with one attached hydrogen (secondary N) is 2. The highest BCUT2D eigenvalue weighted by Gasteiger charge is 2.14. The van der Waals surface area contributed by atoms with E-state index in [0.29, 0.717) is 28.5 Å². The normalized spacial score (nSPS) is 11.2. The minimum Gasteiger partial charge on any atom is -0.496 e. The van der Waals surface area contributed by atoms with Gasteiger partial charge in [-0.15, -0.1) is 0 Å². The van der Waals surface area contributed by atoms with Gasteiger partial charge in [0.2, 0.25) is 5.91 Å². The molecule has 1 amide bonds. The monoisotopic (exact) mass is 486 g/mol. The maximum atomic E-state index is 13.0. The van der Waals surface area contributed by atoms with E-state index in [2.05, 4.69) is 10.0 Å². The molecule has 0 aromatic heterocycles. The van der Waals surface area contributed by atoms with Gasteiger partial charge in [-0.05, 0) is 60.7 Å². The van der Waals surface area contributed by atoms with Crippen LogP contribution in [0.2, 0.25) is 0 Å². The summed E-state index contributed by atoms with van der Waals surface area (Å²) in [4.78, 5) is 12.3. The molecule has 34 heavy (non-hydrogen) atoms. The van der Waals surface area contributed by atoms with E-state index in [1.807, 2.05) is 0 Å². The van der Waals surface area contributed by atoms with Crippen LogP contribution in [0.4, 0.5) is 15.8 Å². The van der Waals surface area contributed by atoms with Crippen LogP contribution >= 0.6 is 0 Å². The summed E-state index contributed by atoms with van der Waals surface area (Å²) in [5.74, 6) is 0.548. The molecular formula is C24H23FN2O6S. The standard InChI is InChI=1S/C24H23FN2O6S/c1-31-21-15-23(33-3)22(32-2)14-16(21)4-13-24(28)26-18-7-9-19(10-8-18)27-34(29,30)20-11-5-17(25)6-12-20/h4-15,27H,1-3H3,(H,26,28)/b13-4+. The Bertz CT molecular complexity index is 1290. The fourth-order valence-electron chi connectivity index (χ4n) is 2.98. The molecule has 3 rings (SSSR count). The van der Waals surface area contributed by atoms with Gasteiger partial charge in [0.1, 0.15) is 11.6 Å². The topological polar surface area (TPSA) is 103 Å². The minimum absolute atomic E-state index is 0.0676. The second-order valence-electron chi connectivity index (χ2n) is 6.91. The predicted molar refractivity (Wildman–Crippen MR) is 127 cm³/mol. The van der Waals surface area contributed by atoms with Gasteiger partial charge >= 0.3 is 0 Å². The molecule has 0 heterocycles. The van der Waals surface area contributed by atoms with Crippen molar-refractivity contribution in [2.75, 3.05) is 31.4 Å². The number of benzene rings is 3. The van der Waals surface area contributed by atoms with Crippen molar-refractivity contribution in [2.24, 2.45) is 0 Å². The first kappa shape index (κ1) is 24.6. The Hall–Kier alpha value is -4.05. The number of ether oxygens (including phenoxy) is 3. The summed E-state index contributed by atoms with van der Waals surface area (Å²) >= 11 is 0. The Morgan fingerprint density at radius 2 is 1.38 bits per heavy atom. The van der Waals surface area contributed by atoms with Gasteiger partial charge in [-0.3, -0.25) is 9.52 Å². The summed E-state index contributed by atoms with van der Waals surface area (Å²) in [7, 11) is 0.657. The molecule has 0 aliphatic heterocycles. The number of sulfonamides is 1. The molecule has 0 saturated heterocycles. The summed E-state index contributed by atoms with van der Waals surface area (Å²) in [6.07, 6.45) is 2.90. The highest BCUT2D eigenvalue weighted by molar-refractivity contribution is 7.92. The lowest BCUT2D eigenvalue weighted by Gasteiger charge is -2.12. The molecule has 0 unspecified atom stereocenters. The van der Waals surface area contributed by atoms with Crippen molar-refractivity contribution >= 4 is 33.4 Å². The van der Waals surface area contributed by atoms with Gasteiger partial charge in [-0.25, -0.2) is 12.8 Å². The Labute approximate surface area is 197 Å². The molecule has 0 aliphatic carbocycles. The number of carbonyl (C=O) groups is 1. The average Bonchev–Trinajstić information content (AvgIpc) is 2.83. The highest BCUT2D eigenvalue weighted by atomic mass is 32.2. The van der Waals surface area contributed by atoms with Gasteiger partial charge in [0, 0.05) is 29.1 Å². The molecule has 0 aliphatic rings. The van der Waals surface area contributed by atoms with Gasteiger partial charge in [-0.1, -0.05) is 0 Å². The number of rotatable bonds is 9. The summed E-state index contributed by atoms with van der Waals surface area (Å²) < 4.78 is 56.1. The Morgan fingerprint density at radius 1 is 0.824 bits per heavy atom. The maximum absolute atomic E-state index is 13.0. The second kappa shape index (κ2) is 10.7. The number of hydrogen-bond acceptors (Lipinski definition) is 6. The van der Waals surface area contributed by atoms with Gasteiger partial charge < -0.3 is 19.5 Å². The summed E-state index contributed by atoms with van der Waals surface area (Å²) in [5.41, 5.74) is 1.35. The van der Waals surface area contributed by atoms with Crippen molar-refractivity contribution < 1.29 is 31.8 Å². The SMILES string of the molecule is COc1cc(OC)c(OC)cc1/C=C/C(=O)Nc1ccc(NS(=O)(=O)c2ccc(F)cc2)cc1. The Morgan fingerprint density at radius 3 is 1.97 bits per heavy atom. The molecule has 178 valence electrons. The van der Waals surface area contributed by atoms with Crippen LogP contribution in [-0.2, 0) is 14.8 Å². The van der Waals surface area contributed by atoms with E-state index in [-0.39, 0.29) is 10.6 Å². The molecule has 3 aromatic rings. The van der Waals surface area contributed by atoms with E-state index < -0.39 is 21.7 Å². The fourth-order valence-corrected chi connectivity index (χ4v) is 4.04. The van der Waals surface area contributed by atoms with E-state index in [1.165, 1.54) is 51.7 Å². The zero-order valence-corrected chi connectivity index (χ0v) is 19.5. The zero-order chi connectivity index (χ0) is 24.7. The van der Waals surface area contributed by atoms with Crippen molar-refractivity contribution in [3.05, 3.63) is 78.1 Å². The van der Waals surface area contributed by atoms with Gasteiger partial charge in [0.15, 0.2) is 11.5 Å². The van der Waals surface area contributed by atoms with E-state index in [4.69, 9.17) is 14.2 Å². The molecule has 0 spiro atoms. The zero-order valence-electron chi connectivity index (χ0n) is 18.7. The number of carbonyl (C=O) groups excluding carboxylic acids is 1. The highest BCUT2D eigenvalue weighted by Crippen LogP contribution is 2.35. The van der Waals surface area contributed by atoms with Crippen LogP contribution in [0.15, 0.2) is 71.6 Å². The van der Waals surface area contributed by atoms with Crippen LogP contribution in [-0.4, -0.2) is 35.7 Å². The fraction of sp³-hybridized carbons (Fsp3) is 0.125. The van der Waals surface area contributed by atoms with Crippen LogP contribution in [0.3, 0.4) is 0 Å². The van der Waals surface area contributed by atoms with Crippen molar-refractivity contribution in [1.29, 1.82) is 0 Å². The Balaban J connectivity index is 1.67. The molecule has 0 saturated carbocycles. The average molecular weight is 487 g/mol. The first-order valence-electron chi connectivity index (χ1n) is 9.93. The minimum atomic E-state index is -3.87. The van der Waals surface area contributed by atoms with Crippen LogP contribution in [0, 0.1) is 5.82 Å². The molecule has 0 atom stereocenters. The third-order valence-corrected chi connectivity index (χ3v) is 6.08. The quantitative estimate of drug-likeness (QED) is 0.437. The van der Waals surface area contributed by atoms with Crippen molar-refractivity contribution in [3.63, 3.8) is 0 Å². The van der Waals surface area contributed by atoms with Crippen molar-refractivity contribution in [1.82, 2.24) is 0 Å². The number of hydrogen-bond donors (Lipinski definition) is 2. The van der Waals surface area contributed by atoms with Crippen LogP contribution in [0.25, 0.3) is 6.08 Å². The van der Waals surface area contributed by atoms with Gasteiger partial charge in [0.25, 0.3) is 10.0 Å². The van der Waals surface area contributed by atoms with Gasteiger partial charge in [0.05, 0.1) is 26.2 Å². The van der Waals surface area contributed by atoms with Crippen LogP contribution < -0.4 is 24.2 Å². The lowest BCUT2D eigenvalue weighted by molar-refractivity contribution is -0.111. The number of methoxy groups -OCH3 is 3. The third kappa shape index (κ3) is 6.04.